The molecule has 1 amide bonds. The third-order valence-corrected chi connectivity index (χ3v) is 5.97. The number of amides is 1. The van der Waals surface area contributed by atoms with Crippen molar-refractivity contribution in [2.24, 2.45) is 0 Å². The lowest BCUT2D eigenvalue weighted by molar-refractivity contribution is -0.130. The molecule has 0 bridgehead atoms. The van der Waals surface area contributed by atoms with Crippen LogP contribution in [0, 0.1) is 0 Å². The lowest BCUT2D eigenvalue weighted by atomic mass is 9.95. The number of hydrogen-bond acceptors (Lipinski definition) is 8. The molecule has 2 aromatic carbocycles. The molecule has 2 atom stereocenters. The second kappa shape index (κ2) is 9.68. The van der Waals surface area contributed by atoms with Crippen molar-refractivity contribution in [3.05, 3.63) is 47.5 Å². The van der Waals surface area contributed by atoms with Gasteiger partial charge in [-0.25, -0.2) is 0 Å². The number of aromatic hydroxyl groups is 2. The lowest BCUT2D eigenvalue weighted by Crippen LogP contribution is -2.50. The number of hydrogen-bond donors (Lipinski definition) is 3. The second-order valence-corrected chi connectivity index (χ2v) is 8.41. The van der Waals surface area contributed by atoms with E-state index in [0.717, 1.165) is 5.56 Å². The first-order valence-electron chi connectivity index (χ1n) is 10.9. The van der Waals surface area contributed by atoms with Crippen molar-refractivity contribution >= 4 is 11.7 Å². The molecule has 0 radical (unpaired) electrons. The molecule has 0 saturated carbocycles. The Kier molecular flexibility index (Phi) is 6.71. The van der Waals surface area contributed by atoms with Crippen molar-refractivity contribution in [3.8, 4) is 23.0 Å². The van der Waals surface area contributed by atoms with Gasteiger partial charge in [0.05, 0.1) is 6.42 Å². The quantitative estimate of drug-likeness (QED) is 0.601. The molecule has 176 valence electrons. The summed E-state index contributed by atoms with van der Waals surface area (Å²) in [6, 6.07) is 9.31. The van der Waals surface area contributed by atoms with Gasteiger partial charge in [0, 0.05) is 51.8 Å². The molecule has 2 unspecified atom stereocenters. The van der Waals surface area contributed by atoms with Crippen LogP contribution in [0.15, 0.2) is 36.4 Å². The molecule has 2 heterocycles. The predicted octanol–water partition coefficient (Wildman–Crippen LogP) is 1.71. The Labute approximate surface area is 191 Å². The number of Topliss-reactive ketones (excluding diaryl/α,β-unsaturated/α-hetero) is 1. The van der Waals surface area contributed by atoms with Crippen LogP contribution in [-0.4, -0.2) is 82.2 Å². The number of phenols is 2. The molecular weight excluding hydrogens is 428 g/mol. The van der Waals surface area contributed by atoms with Gasteiger partial charge >= 0.3 is 0 Å². The zero-order valence-corrected chi connectivity index (χ0v) is 18.4. The van der Waals surface area contributed by atoms with Gasteiger partial charge in [0.15, 0.2) is 5.78 Å². The predicted molar refractivity (Wildman–Crippen MR) is 119 cm³/mol. The van der Waals surface area contributed by atoms with Crippen LogP contribution in [0.3, 0.4) is 0 Å². The molecule has 9 nitrogen and oxygen atoms in total. The Morgan fingerprint density at radius 1 is 1.15 bits per heavy atom. The van der Waals surface area contributed by atoms with E-state index in [1.165, 1.54) is 24.3 Å². The second-order valence-electron chi connectivity index (χ2n) is 8.41. The zero-order chi connectivity index (χ0) is 23.5. The highest BCUT2D eigenvalue weighted by molar-refractivity contribution is 6.02. The largest absolute Gasteiger partial charge is 0.508 e. The average Bonchev–Trinajstić information content (AvgIpc) is 2.78. The number of phenolic OH excluding ortho intramolecular Hbond substituents is 2. The lowest BCUT2D eigenvalue weighted by Gasteiger charge is -2.35. The van der Waals surface area contributed by atoms with Gasteiger partial charge in [0.2, 0.25) is 5.91 Å². The first kappa shape index (κ1) is 22.9. The number of fused-ring (bicyclic) bond motifs is 1. The van der Waals surface area contributed by atoms with Crippen molar-refractivity contribution in [2.75, 3.05) is 39.3 Å². The third kappa shape index (κ3) is 5.37. The maximum Gasteiger partial charge on any atom is 0.219 e. The standard InChI is InChI=1S/C24H28N2O7/c1-15(27)26-8-6-25(7-9-26)13-18(29)14-32-19-10-20(30)24-21(31)12-22(33-23(24)11-19)16-2-4-17(28)5-3-16/h2-5,10-11,18,22,28-30H,6-9,12-14H2,1H3. The minimum atomic E-state index is -0.764. The van der Waals surface area contributed by atoms with Crippen LogP contribution in [0.1, 0.15) is 35.4 Å². The number of carbonyl (C=O) groups is 2. The molecule has 1 fully saturated rings. The smallest absolute Gasteiger partial charge is 0.219 e. The maximum absolute atomic E-state index is 12.6. The summed E-state index contributed by atoms with van der Waals surface area (Å²) in [5.41, 5.74) is 0.846. The van der Waals surface area contributed by atoms with Crippen LogP contribution in [0.4, 0.5) is 0 Å². The number of nitrogens with zero attached hydrogens (tertiary/aromatic N) is 2. The van der Waals surface area contributed by atoms with Crippen molar-refractivity contribution in [2.45, 2.75) is 25.6 Å². The third-order valence-electron chi connectivity index (χ3n) is 5.97. The summed E-state index contributed by atoms with van der Waals surface area (Å²) in [7, 11) is 0. The minimum Gasteiger partial charge on any atom is -0.508 e. The van der Waals surface area contributed by atoms with E-state index in [1.54, 1.807) is 24.0 Å². The van der Waals surface area contributed by atoms with Gasteiger partial charge in [0.25, 0.3) is 0 Å². The molecule has 0 aliphatic carbocycles. The van der Waals surface area contributed by atoms with Crippen molar-refractivity contribution in [3.63, 3.8) is 0 Å². The molecule has 33 heavy (non-hydrogen) atoms. The molecule has 1 saturated heterocycles. The van der Waals surface area contributed by atoms with E-state index >= 15 is 0 Å². The van der Waals surface area contributed by atoms with Crippen LogP contribution >= 0.6 is 0 Å². The van der Waals surface area contributed by atoms with E-state index in [2.05, 4.69) is 4.90 Å². The SMILES string of the molecule is CC(=O)N1CCN(CC(O)COc2cc(O)c3c(c2)OC(c2ccc(O)cc2)CC3=O)CC1. The fourth-order valence-electron chi connectivity index (χ4n) is 4.16. The number of ketones is 1. The Hall–Kier alpha value is -3.30. The number of rotatable bonds is 6. The Morgan fingerprint density at radius 3 is 2.52 bits per heavy atom. The molecule has 2 aromatic rings. The normalized spacial score (nSPS) is 19.5. The maximum atomic E-state index is 12.6. The van der Waals surface area contributed by atoms with Gasteiger partial charge in [-0.2, -0.15) is 0 Å². The fraction of sp³-hybridized carbons (Fsp3) is 0.417. The molecule has 2 aliphatic heterocycles. The van der Waals surface area contributed by atoms with Crippen molar-refractivity contribution in [1.82, 2.24) is 9.80 Å². The highest BCUT2D eigenvalue weighted by Crippen LogP contribution is 2.42. The van der Waals surface area contributed by atoms with Gasteiger partial charge < -0.3 is 29.7 Å². The number of benzene rings is 2. The Balaban J connectivity index is 1.37. The summed E-state index contributed by atoms with van der Waals surface area (Å²) in [5.74, 6) is 0.197. The highest BCUT2D eigenvalue weighted by Gasteiger charge is 2.31. The van der Waals surface area contributed by atoms with Crippen LogP contribution < -0.4 is 9.47 Å². The van der Waals surface area contributed by atoms with E-state index in [1.807, 2.05) is 0 Å². The molecule has 2 aliphatic rings. The van der Waals surface area contributed by atoms with E-state index < -0.39 is 12.2 Å². The number of aliphatic hydroxyl groups is 1. The average molecular weight is 456 g/mol. The van der Waals surface area contributed by atoms with E-state index in [0.29, 0.717) is 32.7 Å². The van der Waals surface area contributed by atoms with Crippen molar-refractivity contribution in [1.29, 1.82) is 0 Å². The number of ether oxygens (including phenoxy) is 2. The van der Waals surface area contributed by atoms with Gasteiger partial charge in [-0.1, -0.05) is 12.1 Å². The molecule has 3 N–H and O–H groups in total. The number of β-amino-alcohol motifs (C(OH)–C–C–N with tert-alkyl or cyclic N) is 1. The summed E-state index contributed by atoms with van der Waals surface area (Å²) in [6.45, 7) is 4.59. The van der Waals surface area contributed by atoms with E-state index in [9.17, 15) is 24.9 Å². The fourth-order valence-corrected chi connectivity index (χ4v) is 4.16. The van der Waals surface area contributed by atoms with E-state index in [-0.39, 0.29) is 53.3 Å². The van der Waals surface area contributed by atoms with Crippen LogP contribution in [-0.2, 0) is 4.79 Å². The van der Waals surface area contributed by atoms with E-state index in [4.69, 9.17) is 9.47 Å². The number of piperazine rings is 1. The number of aliphatic hydroxyl groups excluding tert-OH is 1. The molecular formula is C24H28N2O7. The van der Waals surface area contributed by atoms with Gasteiger partial charge in [0.1, 0.15) is 47.4 Å². The van der Waals surface area contributed by atoms with Gasteiger partial charge in [-0.15, -0.1) is 0 Å². The molecule has 0 aromatic heterocycles. The van der Waals surface area contributed by atoms with Crippen LogP contribution in [0.5, 0.6) is 23.0 Å². The molecule has 0 spiro atoms. The number of carbonyl (C=O) groups excluding carboxylic acids is 2. The molecule has 4 rings (SSSR count). The Bertz CT molecular complexity index is 1020. The zero-order valence-electron chi connectivity index (χ0n) is 18.4. The summed E-state index contributed by atoms with van der Waals surface area (Å²) < 4.78 is 11.6. The van der Waals surface area contributed by atoms with Gasteiger partial charge in [-0.05, 0) is 17.7 Å². The van der Waals surface area contributed by atoms with Crippen molar-refractivity contribution < 1.29 is 34.4 Å². The monoisotopic (exact) mass is 456 g/mol. The summed E-state index contributed by atoms with van der Waals surface area (Å²) in [6.07, 6.45) is -1.24. The summed E-state index contributed by atoms with van der Waals surface area (Å²) in [5, 5.41) is 30.2. The Morgan fingerprint density at radius 2 is 1.85 bits per heavy atom. The van der Waals surface area contributed by atoms with Gasteiger partial charge in [-0.3, -0.25) is 14.5 Å². The van der Waals surface area contributed by atoms with Crippen LogP contribution in [0.25, 0.3) is 0 Å². The van der Waals surface area contributed by atoms with Crippen LogP contribution in [0.2, 0.25) is 0 Å². The first-order chi connectivity index (χ1) is 15.8. The highest BCUT2D eigenvalue weighted by atomic mass is 16.5. The summed E-state index contributed by atoms with van der Waals surface area (Å²) >= 11 is 0. The minimum absolute atomic E-state index is 0.000483. The molecule has 9 heteroatoms. The topological polar surface area (TPSA) is 120 Å². The summed E-state index contributed by atoms with van der Waals surface area (Å²) in [4.78, 5) is 27.9. The first-order valence-corrected chi connectivity index (χ1v) is 10.9.